The van der Waals surface area contributed by atoms with E-state index in [0.29, 0.717) is 5.96 Å². The maximum Gasteiger partial charge on any atom is 0.193 e. The molecule has 0 spiro atoms. The van der Waals surface area contributed by atoms with E-state index in [1.54, 1.807) is 0 Å². The highest BCUT2D eigenvalue weighted by molar-refractivity contribution is 5.92. The normalized spacial score (nSPS) is 12.7. The predicted molar refractivity (Wildman–Crippen MR) is 70.9 cm³/mol. The van der Waals surface area contributed by atoms with Gasteiger partial charge in [0.1, 0.15) is 0 Å². The monoisotopic (exact) mass is 219 g/mol. The van der Waals surface area contributed by atoms with Crippen molar-refractivity contribution in [2.75, 3.05) is 5.32 Å². The van der Waals surface area contributed by atoms with Crippen molar-refractivity contribution in [2.24, 2.45) is 10.7 Å². The second kappa shape index (κ2) is 4.56. The van der Waals surface area contributed by atoms with Gasteiger partial charge in [0.25, 0.3) is 0 Å². The van der Waals surface area contributed by atoms with Crippen molar-refractivity contribution in [1.29, 1.82) is 0 Å². The number of guanidine groups is 1. The standard InChI is InChI=1S/C13H21N3/c1-9-6-7-11(8-10(9)2)15-12(14)16-13(3,4)5/h6-8H,1-5H3,(H3,14,15,16). The van der Waals surface area contributed by atoms with E-state index >= 15 is 0 Å². The van der Waals surface area contributed by atoms with E-state index in [9.17, 15) is 0 Å². The molecular formula is C13H21N3. The summed E-state index contributed by atoms with van der Waals surface area (Å²) in [5.41, 5.74) is 9.16. The van der Waals surface area contributed by atoms with Crippen LogP contribution < -0.4 is 11.1 Å². The molecule has 0 unspecified atom stereocenters. The second-order valence-corrected chi connectivity index (χ2v) is 5.09. The molecule has 0 heterocycles. The molecule has 1 rings (SSSR count). The Morgan fingerprint density at radius 2 is 1.81 bits per heavy atom. The summed E-state index contributed by atoms with van der Waals surface area (Å²) in [6, 6.07) is 6.15. The average Bonchev–Trinajstić information content (AvgIpc) is 2.08. The lowest BCUT2D eigenvalue weighted by Gasteiger charge is -2.15. The second-order valence-electron chi connectivity index (χ2n) is 5.09. The number of nitrogens with zero attached hydrogens (tertiary/aromatic N) is 1. The van der Waals surface area contributed by atoms with Gasteiger partial charge >= 0.3 is 0 Å². The Balaban J connectivity index is 2.81. The Morgan fingerprint density at radius 1 is 1.19 bits per heavy atom. The van der Waals surface area contributed by atoms with E-state index < -0.39 is 0 Å². The molecule has 1 aromatic carbocycles. The van der Waals surface area contributed by atoms with Gasteiger partial charge in [-0.15, -0.1) is 0 Å². The molecule has 0 aliphatic carbocycles. The van der Waals surface area contributed by atoms with Gasteiger partial charge in [0.05, 0.1) is 5.54 Å². The number of nitrogens with one attached hydrogen (secondary N) is 1. The Hall–Kier alpha value is -1.51. The van der Waals surface area contributed by atoms with Crippen LogP contribution in [0.1, 0.15) is 31.9 Å². The lowest BCUT2D eigenvalue weighted by atomic mass is 10.1. The van der Waals surface area contributed by atoms with Gasteiger partial charge in [-0.1, -0.05) is 6.07 Å². The third-order valence-electron chi connectivity index (χ3n) is 2.24. The van der Waals surface area contributed by atoms with Crippen LogP contribution >= 0.6 is 0 Å². The molecule has 0 saturated heterocycles. The highest BCUT2D eigenvalue weighted by atomic mass is 15.1. The molecule has 0 aromatic heterocycles. The van der Waals surface area contributed by atoms with Gasteiger partial charge in [-0.05, 0) is 57.9 Å². The van der Waals surface area contributed by atoms with Crippen LogP contribution in [0.4, 0.5) is 5.69 Å². The zero-order valence-electron chi connectivity index (χ0n) is 10.8. The largest absolute Gasteiger partial charge is 0.370 e. The van der Waals surface area contributed by atoms with Crippen molar-refractivity contribution >= 4 is 11.6 Å². The molecule has 0 amide bonds. The Kier molecular flexibility index (Phi) is 3.58. The molecule has 0 saturated carbocycles. The molecule has 3 nitrogen and oxygen atoms in total. The minimum atomic E-state index is -0.156. The summed E-state index contributed by atoms with van der Waals surface area (Å²) in [5.74, 6) is 0.454. The van der Waals surface area contributed by atoms with Gasteiger partial charge < -0.3 is 11.1 Å². The molecule has 3 heteroatoms. The van der Waals surface area contributed by atoms with E-state index in [2.05, 4.69) is 36.3 Å². The van der Waals surface area contributed by atoms with Crippen LogP contribution in [0.25, 0.3) is 0 Å². The molecule has 0 atom stereocenters. The minimum absolute atomic E-state index is 0.156. The van der Waals surface area contributed by atoms with E-state index in [4.69, 9.17) is 5.73 Å². The molecular weight excluding hydrogens is 198 g/mol. The summed E-state index contributed by atoms with van der Waals surface area (Å²) in [7, 11) is 0. The van der Waals surface area contributed by atoms with Crippen LogP contribution in [0.2, 0.25) is 0 Å². The number of hydrogen-bond donors (Lipinski definition) is 2. The maximum absolute atomic E-state index is 5.82. The van der Waals surface area contributed by atoms with E-state index in [1.807, 2.05) is 26.8 Å². The van der Waals surface area contributed by atoms with Gasteiger partial charge in [0.15, 0.2) is 5.96 Å². The van der Waals surface area contributed by atoms with Gasteiger partial charge in [-0.3, -0.25) is 0 Å². The summed E-state index contributed by atoms with van der Waals surface area (Å²) in [4.78, 5) is 4.34. The molecule has 0 bridgehead atoms. The van der Waals surface area contributed by atoms with Crippen molar-refractivity contribution in [3.05, 3.63) is 29.3 Å². The van der Waals surface area contributed by atoms with Crippen LogP contribution in [0.15, 0.2) is 23.2 Å². The predicted octanol–water partition coefficient (Wildman–Crippen LogP) is 2.83. The van der Waals surface area contributed by atoms with Gasteiger partial charge in [0, 0.05) is 5.69 Å². The maximum atomic E-state index is 5.82. The van der Waals surface area contributed by atoms with Gasteiger partial charge in [0.2, 0.25) is 0 Å². The van der Waals surface area contributed by atoms with Gasteiger partial charge in [-0.2, -0.15) is 0 Å². The summed E-state index contributed by atoms with van der Waals surface area (Å²) in [6.45, 7) is 10.2. The topological polar surface area (TPSA) is 50.4 Å². The van der Waals surface area contributed by atoms with Crippen LogP contribution in [-0.4, -0.2) is 11.5 Å². The van der Waals surface area contributed by atoms with Gasteiger partial charge in [-0.25, -0.2) is 4.99 Å². The zero-order valence-corrected chi connectivity index (χ0v) is 10.8. The number of hydrogen-bond acceptors (Lipinski definition) is 1. The number of anilines is 1. The lowest BCUT2D eigenvalue weighted by molar-refractivity contribution is 0.583. The number of benzene rings is 1. The Bertz CT molecular complexity index is 400. The summed E-state index contributed by atoms with van der Waals surface area (Å²) in [6.07, 6.45) is 0. The van der Waals surface area contributed by atoms with E-state index in [-0.39, 0.29) is 5.54 Å². The van der Waals surface area contributed by atoms with Crippen molar-refractivity contribution in [1.82, 2.24) is 0 Å². The molecule has 3 N–H and O–H groups in total. The van der Waals surface area contributed by atoms with E-state index in [1.165, 1.54) is 11.1 Å². The molecule has 0 aliphatic rings. The number of aliphatic imine (C=N–C) groups is 1. The van der Waals surface area contributed by atoms with Crippen molar-refractivity contribution in [3.8, 4) is 0 Å². The molecule has 0 fully saturated rings. The quantitative estimate of drug-likeness (QED) is 0.563. The first-order valence-corrected chi connectivity index (χ1v) is 5.47. The number of aryl methyl sites for hydroxylation is 2. The smallest absolute Gasteiger partial charge is 0.193 e. The van der Waals surface area contributed by atoms with Crippen molar-refractivity contribution in [3.63, 3.8) is 0 Å². The highest BCUT2D eigenvalue weighted by Crippen LogP contribution is 2.14. The summed E-state index contributed by atoms with van der Waals surface area (Å²) in [5, 5.41) is 3.09. The molecule has 16 heavy (non-hydrogen) atoms. The number of nitrogens with two attached hydrogens (primary N) is 1. The number of rotatable bonds is 1. The fraction of sp³-hybridized carbons (Fsp3) is 0.462. The fourth-order valence-corrected chi connectivity index (χ4v) is 1.36. The van der Waals surface area contributed by atoms with Crippen molar-refractivity contribution in [2.45, 2.75) is 40.2 Å². The molecule has 0 radical (unpaired) electrons. The molecule has 88 valence electrons. The SMILES string of the molecule is Cc1ccc(NC(N)=NC(C)(C)C)cc1C. The Labute approximate surface area is 97.8 Å². The first-order chi connectivity index (χ1) is 7.28. The highest BCUT2D eigenvalue weighted by Gasteiger charge is 2.08. The molecule has 0 aliphatic heterocycles. The zero-order chi connectivity index (χ0) is 12.3. The summed E-state index contributed by atoms with van der Waals surface area (Å²) >= 11 is 0. The first-order valence-electron chi connectivity index (χ1n) is 5.47. The van der Waals surface area contributed by atoms with Crippen molar-refractivity contribution < 1.29 is 0 Å². The third-order valence-corrected chi connectivity index (χ3v) is 2.24. The van der Waals surface area contributed by atoms with E-state index in [0.717, 1.165) is 5.69 Å². The van der Waals surface area contributed by atoms with Crippen LogP contribution in [-0.2, 0) is 0 Å². The average molecular weight is 219 g/mol. The summed E-state index contributed by atoms with van der Waals surface area (Å²) < 4.78 is 0. The van der Waals surface area contributed by atoms with Crippen LogP contribution in [0.5, 0.6) is 0 Å². The lowest BCUT2D eigenvalue weighted by Crippen LogP contribution is -2.27. The fourth-order valence-electron chi connectivity index (χ4n) is 1.36. The Morgan fingerprint density at radius 3 is 2.31 bits per heavy atom. The molecule has 1 aromatic rings. The third kappa shape index (κ3) is 3.93. The van der Waals surface area contributed by atoms with Crippen LogP contribution in [0.3, 0.4) is 0 Å². The van der Waals surface area contributed by atoms with Crippen LogP contribution in [0, 0.1) is 13.8 Å². The minimum Gasteiger partial charge on any atom is -0.370 e. The first kappa shape index (κ1) is 12.6.